The average molecular weight is 520 g/mol. The summed E-state index contributed by atoms with van der Waals surface area (Å²) in [4.78, 5) is 16.6. The van der Waals surface area contributed by atoms with E-state index in [9.17, 15) is 10.1 Å². The molecule has 3 aromatic rings. The fourth-order valence-corrected chi connectivity index (χ4v) is 4.71. The minimum atomic E-state index is -0.485. The van der Waals surface area contributed by atoms with Crippen molar-refractivity contribution >= 4 is 22.7 Å². The molecule has 1 saturated heterocycles. The molecular formula is C30H41N5O3. The van der Waals surface area contributed by atoms with E-state index in [0.717, 1.165) is 67.1 Å². The molecular weight excluding hydrogens is 478 g/mol. The first-order valence-electron chi connectivity index (χ1n) is 13.7. The number of benzene rings is 2. The third kappa shape index (κ3) is 7.06. The Morgan fingerprint density at radius 2 is 1.76 bits per heavy atom. The molecule has 1 amide bonds. The lowest BCUT2D eigenvalue weighted by atomic mass is 10.1. The standard InChI is InChI=1S/C28H35N5O3.C2H6/c1-4-33-26-19-23(36-18-6-13-32-16-14-31(3)15-17-32)11-12-24(26)25(20-29)27(33)21-7-9-22(10-8-21)30-28(34)35-5-2;1-2/h7-12,19H,4-6,13-18H2,1-3H3,(H,30,34);1-2H3. The normalized spacial score (nSPS) is 13.9. The summed E-state index contributed by atoms with van der Waals surface area (Å²) in [5, 5.41) is 13.6. The third-order valence-corrected chi connectivity index (χ3v) is 6.63. The Bertz CT molecular complexity index is 1220. The number of nitrogens with zero attached hydrogens (tertiary/aromatic N) is 4. The van der Waals surface area contributed by atoms with E-state index in [4.69, 9.17) is 9.47 Å². The van der Waals surface area contributed by atoms with Crippen LogP contribution in [0.3, 0.4) is 0 Å². The van der Waals surface area contributed by atoms with Gasteiger partial charge >= 0.3 is 6.09 Å². The summed E-state index contributed by atoms with van der Waals surface area (Å²) in [6.45, 7) is 15.1. The van der Waals surface area contributed by atoms with Crippen LogP contribution in [0.5, 0.6) is 5.75 Å². The van der Waals surface area contributed by atoms with Gasteiger partial charge in [0, 0.05) is 56.4 Å². The highest BCUT2D eigenvalue weighted by atomic mass is 16.5. The number of fused-ring (bicyclic) bond motifs is 1. The highest BCUT2D eigenvalue weighted by Gasteiger charge is 2.19. The van der Waals surface area contributed by atoms with Gasteiger partial charge in [0.1, 0.15) is 11.8 Å². The van der Waals surface area contributed by atoms with Crippen LogP contribution in [0.1, 0.15) is 39.7 Å². The largest absolute Gasteiger partial charge is 0.493 e. The summed E-state index contributed by atoms with van der Waals surface area (Å²) in [7, 11) is 2.17. The number of nitrogens with one attached hydrogen (secondary N) is 1. The Balaban J connectivity index is 0.00000195. The topological polar surface area (TPSA) is 82.8 Å². The third-order valence-electron chi connectivity index (χ3n) is 6.63. The number of carbonyl (C=O) groups excluding carboxylic acids is 1. The second-order valence-electron chi connectivity index (χ2n) is 9.03. The fraction of sp³-hybridized carbons (Fsp3) is 0.467. The van der Waals surface area contributed by atoms with Gasteiger partial charge in [-0.3, -0.25) is 5.32 Å². The molecule has 4 rings (SSSR count). The summed E-state index contributed by atoms with van der Waals surface area (Å²) >= 11 is 0. The second kappa shape index (κ2) is 14.4. The maximum absolute atomic E-state index is 11.7. The molecule has 2 aromatic carbocycles. The fourth-order valence-electron chi connectivity index (χ4n) is 4.71. The minimum Gasteiger partial charge on any atom is -0.493 e. The van der Waals surface area contributed by atoms with Crippen LogP contribution in [0.2, 0.25) is 0 Å². The van der Waals surface area contributed by atoms with E-state index in [1.165, 1.54) is 0 Å². The van der Waals surface area contributed by atoms with Gasteiger partial charge < -0.3 is 23.8 Å². The van der Waals surface area contributed by atoms with Crippen LogP contribution in [0.4, 0.5) is 10.5 Å². The van der Waals surface area contributed by atoms with Crippen molar-refractivity contribution in [2.75, 3.05) is 58.3 Å². The van der Waals surface area contributed by atoms with Gasteiger partial charge in [-0.15, -0.1) is 0 Å². The van der Waals surface area contributed by atoms with E-state index < -0.39 is 6.09 Å². The molecule has 0 radical (unpaired) electrons. The van der Waals surface area contributed by atoms with Crippen LogP contribution >= 0.6 is 0 Å². The first-order valence-corrected chi connectivity index (χ1v) is 13.7. The van der Waals surface area contributed by atoms with Crippen LogP contribution < -0.4 is 10.1 Å². The molecule has 38 heavy (non-hydrogen) atoms. The quantitative estimate of drug-likeness (QED) is 0.359. The van der Waals surface area contributed by atoms with Crippen LogP contribution in [-0.2, 0) is 11.3 Å². The number of aryl methyl sites for hydroxylation is 1. The lowest BCUT2D eigenvalue weighted by Crippen LogP contribution is -2.44. The van der Waals surface area contributed by atoms with Crippen LogP contribution in [-0.4, -0.2) is 73.4 Å². The number of anilines is 1. The van der Waals surface area contributed by atoms with Gasteiger partial charge in [-0.05, 0) is 57.1 Å². The predicted molar refractivity (Wildman–Crippen MR) is 154 cm³/mol. The van der Waals surface area contributed by atoms with Crippen molar-refractivity contribution in [3.63, 3.8) is 0 Å². The number of rotatable bonds is 9. The van der Waals surface area contributed by atoms with E-state index in [1.54, 1.807) is 6.92 Å². The second-order valence-corrected chi connectivity index (χ2v) is 9.03. The maximum Gasteiger partial charge on any atom is 0.411 e. The van der Waals surface area contributed by atoms with E-state index in [-0.39, 0.29) is 0 Å². The zero-order valence-corrected chi connectivity index (χ0v) is 23.4. The first kappa shape index (κ1) is 29.0. The zero-order valence-electron chi connectivity index (χ0n) is 23.4. The summed E-state index contributed by atoms with van der Waals surface area (Å²) in [5.74, 6) is 0.818. The number of amides is 1. The lowest BCUT2D eigenvalue weighted by Gasteiger charge is -2.32. The number of ether oxygens (including phenoxy) is 2. The average Bonchev–Trinajstić information content (AvgIpc) is 3.26. The van der Waals surface area contributed by atoms with E-state index in [2.05, 4.69) is 39.7 Å². The van der Waals surface area contributed by atoms with Crippen molar-refractivity contribution in [2.24, 2.45) is 0 Å². The SMILES string of the molecule is CC.CCOC(=O)Nc1ccc(-c2c(C#N)c3ccc(OCCCN4CCN(C)CC4)cc3n2CC)cc1. The van der Waals surface area contributed by atoms with E-state index in [0.29, 0.717) is 31.0 Å². The van der Waals surface area contributed by atoms with E-state index in [1.807, 2.05) is 56.3 Å². The van der Waals surface area contributed by atoms with Gasteiger partial charge in [-0.25, -0.2) is 4.79 Å². The molecule has 0 bridgehead atoms. The zero-order chi connectivity index (χ0) is 27.5. The molecule has 2 heterocycles. The van der Waals surface area contributed by atoms with Crippen molar-refractivity contribution in [1.29, 1.82) is 5.26 Å². The van der Waals surface area contributed by atoms with Gasteiger partial charge in [0.25, 0.3) is 0 Å². The van der Waals surface area contributed by atoms with Gasteiger partial charge in [-0.2, -0.15) is 5.26 Å². The van der Waals surface area contributed by atoms with Crippen LogP contribution in [0.15, 0.2) is 42.5 Å². The molecule has 1 aromatic heterocycles. The number of carbonyl (C=O) groups is 1. The Labute approximate surface area is 226 Å². The molecule has 204 valence electrons. The minimum absolute atomic E-state index is 0.314. The Hall–Kier alpha value is -3.54. The highest BCUT2D eigenvalue weighted by molar-refractivity contribution is 5.95. The van der Waals surface area contributed by atoms with Crippen molar-refractivity contribution in [3.8, 4) is 23.1 Å². The van der Waals surface area contributed by atoms with Crippen LogP contribution in [0, 0.1) is 11.3 Å². The molecule has 1 aliphatic heterocycles. The molecule has 0 unspecified atom stereocenters. The number of hydrogen-bond acceptors (Lipinski definition) is 6. The van der Waals surface area contributed by atoms with Crippen molar-refractivity contribution in [1.82, 2.24) is 14.4 Å². The van der Waals surface area contributed by atoms with Gasteiger partial charge in [-0.1, -0.05) is 26.0 Å². The predicted octanol–water partition coefficient (Wildman–Crippen LogP) is 5.81. The molecule has 0 atom stereocenters. The number of likely N-dealkylation sites (N-methyl/N-ethyl adjacent to an activating group) is 1. The number of nitriles is 1. The van der Waals surface area contributed by atoms with Crippen LogP contribution in [0.25, 0.3) is 22.2 Å². The number of piperazine rings is 1. The van der Waals surface area contributed by atoms with Crippen molar-refractivity contribution in [3.05, 3.63) is 48.0 Å². The van der Waals surface area contributed by atoms with Crippen molar-refractivity contribution in [2.45, 2.75) is 40.7 Å². The summed E-state index contributed by atoms with van der Waals surface area (Å²) in [6.07, 6.45) is 0.499. The number of aromatic nitrogens is 1. The van der Waals surface area contributed by atoms with Gasteiger partial charge in [0.2, 0.25) is 0 Å². The van der Waals surface area contributed by atoms with Crippen molar-refractivity contribution < 1.29 is 14.3 Å². The van der Waals surface area contributed by atoms with Gasteiger partial charge in [0.15, 0.2) is 0 Å². The molecule has 0 spiro atoms. The lowest BCUT2D eigenvalue weighted by molar-refractivity contribution is 0.145. The molecule has 1 fully saturated rings. The van der Waals surface area contributed by atoms with E-state index >= 15 is 0 Å². The van der Waals surface area contributed by atoms with Gasteiger partial charge in [0.05, 0.1) is 30.0 Å². The Kier molecular flexibility index (Phi) is 11.0. The first-order chi connectivity index (χ1) is 18.5. The molecule has 8 heteroatoms. The molecule has 1 aliphatic rings. The molecule has 1 N–H and O–H groups in total. The summed E-state index contributed by atoms with van der Waals surface area (Å²) < 4.78 is 13.2. The molecule has 8 nitrogen and oxygen atoms in total. The smallest absolute Gasteiger partial charge is 0.411 e. The highest BCUT2D eigenvalue weighted by Crippen LogP contribution is 2.35. The monoisotopic (exact) mass is 519 g/mol. The summed E-state index contributed by atoms with van der Waals surface area (Å²) in [5.41, 5.74) is 4.04. The molecule has 0 aliphatic carbocycles. The maximum atomic E-state index is 11.7. The Morgan fingerprint density at radius 3 is 2.39 bits per heavy atom. The number of hydrogen-bond donors (Lipinski definition) is 1. The Morgan fingerprint density at radius 1 is 1.05 bits per heavy atom. The summed E-state index contributed by atoms with van der Waals surface area (Å²) in [6, 6.07) is 15.8. The molecule has 0 saturated carbocycles.